The van der Waals surface area contributed by atoms with Crippen molar-refractivity contribution in [3.63, 3.8) is 0 Å². The summed E-state index contributed by atoms with van der Waals surface area (Å²) in [5.74, 6) is 2.15. The predicted molar refractivity (Wildman–Crippen MR) is 111 cm³/mol. The number of benzene rings is 1. The van der Waals surface area contributed by atoms with E-state index in [0.717, 1.165) is 19.3 Å². The lowest BCUT2D eigenvalue weighted by Gasteiger charge is -2.36. The molecule has 28 heavy (non-hydrogen) atoms. The SMILES string of the molecule is CC(C)[C@H]1CC[C@H](C)C[C@@H]1OC(=O)Oc1cccc2c1[P@@](=O)(C(C)(C)C)CO2. The Morgan fingerprint density at radius 1 is 1.25 bits per heavy atom. The van der Waals surface area contributed by atoms with E-state index in [4.69, 9.17) is 14.2 Å². The van der Waals surface area contributed by atoms with E-state index in [1.807, 2.05) is 20.8 Å². The molecule has 156 valence electrons. The Morgan fingerprint density at radius 2 is 1.96 bits per heavy atom. The van der Waals surface area contributed by atoms with Crippen LogP contribution in [0.1, 0.15) is 60.8 Å². The molecular formula is C22H33O5P. The van der Waals surface area contributed by atoms with E-state index in [1.165, 1.54) is 0 Å². The number of ether oxygens (including phenoxy) is 3. The van der Waals surface area contributed by atoms with E-state index in [2.05, 4.69) is 20.8 Å². The van der Waals surface area contributed by atoms with Crippen LogP contribution in [0.5, 0.6) is 11.5 Å². The molecule has 3 rings (SSSR count). The quantitative estimate of drug-likeness (QED) is 0.359. The van der Waals surface area contributed by atoms with E-state index >= 15 is 0 Å². The van der Waals surface area contributed by atoms with Gasteiger partial charge in [0.25, 0.3) is 0 Å². The summed E-state index contributed by atoms with van der Waals surface area (Å²) in [4.78, 5) is 12.6. The molecule has 0 unspecified atom stereocenters. The van der Waals surface area contributed by atoms with Gasteiger partial charge in [0, 0.05) is 5.16 Å². The molecule has 0 amide bonds. The van der Waals surface area contributed by atoms with Gasteiger partial charge in [0.15, 0.2) is 7.14 Å². The van der Waals surface area contributed by atoms with Crippen molar-refractivity contribution < 1.29 is 23.6 Å². The molecule has 2 aliphatic rings. The fourth-order valence-corrected chi connectivity index (χ4v) is 6.78. The van der Waals surface area contributed by atoms with Crippen LogP contribution >= 0.6 is 7.14 Å². The van der Waals surface area contributed by atoms with Crippen LogP contribution in [0.25, 0.3) is 0 Å². The van der Waals surface area contributed by atoms with Crippen molar-refractivity contribution in [3.05, 3.63) is 18.2 Å². The van der Waals surface area contributed by atoms with Crippen molar-refractivity contribution in [2.24, 2.45) is 17.8 Å². The molecule has 0 radical (unpaired) electrons. The second kappa shape index (κ2) is 7.74. The number of carbonyl (C=O) groups excluding carboxylic acids is 1. The van der Waals surface area contributed by atoms with Gasteiger partial charge in [-0.05, 0) is 42.7 Å². The molecule has 1 fully saturated rings. The topological polar surface area (TPSA) is 61.8 Å². The first-order valence-electron chi connectivity index (χ1n) is 10.3. The van der Waals surface area contributed by atoms with Crippen molar-refractivity contribution in [2.75, 3.05) is 6.35 Å². The second-order valence-corrected chi connectivity index (χ2v) is 13.1. The van der Waals surface area contributed by atoms with E-state index < -0.39 is 18.5 Å². The molecule has 0 bridgehead atoms. The van der Waals surface area contributed by atoms with Crippen molar-refractivity contribution in [1.29, 1.82) is 0 Å². The molecule has 5 nitrogen and oxygen atoms in total. The summed E-state index contributed by atoms with van der Waals surface area (Å²) in [6.07, 6.45) is 2.36. The van der Waals surface area contributed by atoms with Crippen molar-refractivity contribution in [1.82, 2.24) is 0 Å². The average molecular weight is 408 g/mol. The number of fused-ring (bicyclic) bond motifs is 1. The van der Waals surface area contributed by atoms with E-state index in [-0.39, 0.29) is 12.5 Å². The lowest BCUT2D eigenvalue weighted by atomic mass is 9.75. The summed E-state index contributed by atoms with van der Waals surface area (Å²) < 4.78 is 30.7. The maximum absolute atomic E-state index is 13.7. The van der Waals surface area contributed by atoms with E-state index in [0.29, 0.717) is 34.6 Å². The molecule has 4 atom stereocenters. The molecule has 1 aromatic carbocycles. The summed E-state index contributed by atoms with van der Waals surface area (Å²) in [5, 5.41) is 0.0419. The Bertz CT molecular complexity index is 780. The van der Waals surface area contributed by atoms with Crippen LogP contribution in [-0.2, 0) is 9.30 Å². The largest absolute Gasteiger partial charge is 0.514 e. The highest BCUT2D eigenvalue weighted by Gasteiger charge is 2.47. The van der Waals surface area contributed by atoms with Gasteiger partial charge in [-0.25, -0.2) is 4.79 Å². The summed E-state index contributed by atoms with van der Waals surface area (Å²) in [6, 6.07) is 5.20. The van der Waals surface area contributed by atoms with Crippen LogP contribution in [0.15, 0.2) is 18.2 Å². The average Bonchev–Trinajstić information content (AvgIpc) is 2.94. The monoisotopic (exact) mass is 408 g/mol. The minimum absolute atomic E-state index is 0.136. The molecule has 1 aromatic rings. The highest BCUT2D eigenvalue weighted by Crippen LogP contribution is 2.63. The standard InChI is InChI=1S/C22H33O5P/c1-14(2)16-11-10-15(3)12-19(16)27-21(23)26-18-9-7-8-17-20(18)28(24,13-25-17)22(4,5)6/h7-9,14-16,19H,10-13H2,1-6H3/t15-,16+,19-,28+/m0/s1. The normalized spacial score (nSPS) is 29.9. The van der Waals surface area contributed by atoms with Crippen molar-refractivity contribution >= 4 is 18.6 Å². The number of hydrogen-bond donors (Lipinski definition) is 0. The first-order chi connectivity index (χ1) is 13.0. The maximum atomic E-state index is 13.7. The van der Waals surface area contributed by atoms with Gasteiger partial charge in [-0.2, -0.15) is 0 Å². The number of carbonyl (C=O) groups is 1. The summed E-state index contributed by atoms with van der Waals surface area (Å²) in [6.45, 7) is 12.3. The van der Waals surface area contributed by atoms with Gasteiger partial charge in [-0.1, -0.05) is 54.0 Å². The van der Waals surface area contributed by atoms with Crippen LogP contribution < -0.4 is 14.8 Å². The molecular weight excluding hydrogens is 375 g/mol. The molecule has 0 N–H and O–H groups in total. The molecule has 1 saturated carbocycles. The van der Waals surface area contributed by atoms with Crippen molar-refractivity contribution in [2.45, 2.75) is 72.1 Å². The Morgan fingerprint density at radius 3 is 2.61 bits per heavy atom. The minimum atomic E-state index is -2.87. The van der Waals surface area contributed by atoms with Gasteiger partial charge in [-0.15, -0.1) is 0 Å². The predicted octanol–water partition coefficient (Wildman–Crippen LogP) is 5.80. The Hall–Kier alpha value is -1.48. The first-order valence-corrected chi connectivity index (χ1v) is 12.2. The van der Waals surface area contributed by atoms with Gasteiger partial charge >= 0.3 is 6.16 Å². The third-order valence-electron chi connectivity index (χ3n) is 6.21. The van der Waals surface area contributed by atoms with E-state index in [9.17, 15) is 9.36 Å². The summed E-state index contributed by atoms with van der Waals surface area (Å²) >= 11 is 0. The Labute approximate surface area is 168 Å². The van der Waals surface area contributed by atoms with Gasteiger partial charge in [0.05, 0.1) is 0 Å². The van der Waals surface area contributed by atoms with Crippen LogP contribution in [0.2, 0.25) is 0 Å². The van der Waals surface area contributed by atoms with Crippen LogP contribution in [0.3, 0.4) is 0 Å². The van der Waals surface area contributed by atoms with Gasteiger partial charge in [0.2, 0.25) is 0 Å². The smallest absolute Gasteiger partial charge is 0.485 e. The minimum Gasteiger partial charge on any atom is -0.485 e. The molecule has 1 heterocycles. The zero-order valence-corrected chi connectivity index (χ0v) is 18.8. The summed E-state index contributed by atoms with van der Waals surface area (Å²) in [5.41, 5.74) is 0. The molecule has 1 aliphatic heterocycles. The lowest BCUT2D eigenvalue weighted by molar-refractivity contribution is -0.0135. The maximum Gasteiger partial charge on any atom is 0.514 e. The Balaban J connectivity index is 1.81. The third-order valence-corrected chi connectivity index (χ3v) is 10.0. The van der Waals surface area contributed by atoms with Gasteiger partial charge in [0.1, 0.15) is 29.3 Å². The zero-order valence-electron chi connectivity index (χ0n) is 17.9. The highest BCUT2D eigenvalue weighted by molar-refractivity contribution is 7.73. The number of rotatable bonds is 3. The van der Waals surface area contributed by atoms with Crippen molar-refractivity contribution in [3.8, 4) is 11.5 Å². The fourth-order valence-electron chi connectivity index (χ4n) is 4.30. The highest BCUT2D eigenvalue weighted by atomic mass is 31.2. The molecule has 1 aliphatic carbocycles. The Kier molecular flexibility index (Phi) is 5.87. The van der Waals surface area contributed by atoms with Crippen LogP contribution in [0.4, 0.5) is 4.79 Å². The van der Waals surface area contributed by atoms with Crippen LogP contribution in [0, 0.1) is 17.8 Å². The van der Waals surface area contributed by atoms with Crippen LogP contribution in [-0.4, -0.2) is 23.8 Å². The first kappa shape index (κ1) is 21.2. The lowest BCUT2D eigenvalue weighted by Crippen LogP contribution is -2.36. The molecule has 0 saturated heterocycles. The molecule has 6 heteroatoms. The molecule has 0 aromatic heterocycles. The summed E-state index contributed by atoms with van der Waals surface area (Å²) in [7, 11) is -2.87. The van der Waals surface area contributed by atoms with E-state index in [1.54, 1.807) is 18.2 Å². The third kappa shape index (κ3) is 3.96. The van der Waals surface area contributed by atoms with Gasteiger partial charge in [-0.3, -0.25) is 0 Å². The zero-order chi connectivity index (χ0) is 20.7. The van der Waals surface area contributed by atoms with Gasteiger partial charge < -0.3 is 18.8 Å². The fraction of sp³-hybridized carbons (Fsp3) is 0.682. The number of hydrogen-bond acceptors (Lipinski definition) is 5. The molecule has 0 spiro atoms. The second-order valence-electron chi connectivity index (χ2n) is 9.62.